The van der Waals surface area contributed by atoms with Gasteiger partial charge in [-0.1, -0.05) is 30.3 Å². The maximum Gasteiger partial charge on any atom is 0.318 e. The summed E-state index contributed by atoms with van der Waals surface area (Å²) in [6, 6.07) is 10.5. The molecular formula is C22H32N4O2. The van der Waals surface area contributed by atoms with Crippen LogP contribution in [0.25, 0.3) is 0 Å². The van der Waals surface area contributed by atoms with Crippen LogP contribution >= 0.6 is 0 Å². The number of nitrogens with zero attached hydrogens (tertiary/aromatic N) is 2. The van der Waals surface area contributed by atoms with E-state index in [-0.39, 0.29) is 18.0 Å². The molecule has 6 nitrogen and oxygen atoms in total. The highest BCUT2D eigenvalue weighted by Crippen LogP contribution is 2.23. The molecule has 0 spiro atoms. The zero-order valence-corrected chi connectivity index (χ0v) is 16.6. The Kier molecular flexibility index (Phi) is 6.15. The average Bonchev–Trinajstić information content (AvgIpc) is 3.38. The number of carbonyl (C=O) groups excluding carboxylic acids is 2. The average molecular weight is 385 g/mol. The molecule has 0 bridgehead atoms. The summed E-state index contributed by atoms with van der Waals surface area (Å²) in [6.07, 6.45) is 6.16. The molecule has 2 aliphatic heterocycles. The van der Waals surface area contributed by atoms with Crippen molar-refractivity contribution < 1.29 is 9.59 Å². The summed E-state index contributed by atoms with van der Waals surface area (Å²) in [6.45, 7) is 4.48. The van der Waals surface area contributed by atoms with Crippen LogP contribution in [0.4, 0.5) is 4.79 Å². The molecule has 3 amide bonds. The van der Waals surface area contributed by atoms with Crippen LogP contribution in [0.5, 0.6) is 0 Å². The molecule has 2 unspecified atom stereocenters. The molecule has 1 aromatic rings. The minimum absolute atomic E-state index is 0.0295. The van der Waals surface area contributed by atoms with E-state index in [4.69, 9.17) is 0 Å². The number of benzene rings is 1. The highest BCUT2D eigenvalue weighted by Gasteiger charge is 2.36. The molecule has 152 valence electrons. The van der Waals surface area contributed by atoms with Gasteiger partial charge in [0.05, 0.1) is 0 Å². The quantitative estimate of drug-likeness (QED) is 0.791. The molecule has 4 rings (SSSR count). The van der Waals surface area contributed by atoms with Crippen molar-refractivity contribution in [2.45, 2.75) is 57.2 Å². The second kappa shape index (κ2) is 8.95. The Morgan fingerprint density at radius 1 is 1.00 bits per heavy atom. The van der Waals surface area contributed by atoms with E-state index in [1.165, 1.54) is 12.0 Å². The molecule has 6 heteroatoms. The second-order valence-corrected chi connectivity index (χ2v) is 8.55. The van der Waals surface area contributed by atoms with Crippen molar-refractivity contribution in [1.82, 2.24) is 20.4 Å². The van der Waals surface area contributed by atoms with Gasteiger partial charge in [-0.05, 0) is 56.6 Å². The molecule has 0 radical (unpaired) electrons. The van der Waals surface area contributed by atoms with Gasteiger partial charge in [0.15, 0.2) is 0 Å². The minimum Gasteiger partial charge on any atom is -0.352 e. The Bertz CT molecular complexity index is 676. The van der Waals surface area contributed by atoms with Crippen molar-refractivity contribution in [1.29, 1.82) is 0 Å². The molecule has 2 N–H and O–H groups in total. The first-order chi connectivity index (χ1) is 13.7. The summed E-state index contributed by atoms with van der Waals surface area (Å²) in [5.41, 5.74) is 1.34. The zero-order chi connectivity index (χ0) is 19.3. The number of hydrogen-bond acceptors (Lipinski definition) is 3. The molecule has 1 aromatic carbocycles. The van der Waals surface area contributed by atoms with Gasteiger partial charge in [0, 0.05) is 32.2 Å². The van der Waals surface area contributed by atoms with Crippen LogP contribution in [-0.4, -0.2) is 60.0 Å². The van der Waals surface area contributed by atoms with Crippen molar-refractivity contribution in [2.24, 2.45) is 5.92 Å². The van der Waals surface area contributed by atoms with Gasteiger partial charge in [0.2, 0.25) is 5.91 Å². The molecule has 3 fully saturated rings. The number of rotatable bonds is 6. The topological polar surface area (TPSA) is 64.7 Å². The van der Waals surface area contributed by atoms with Gasteiger partial charge in [-0.15, -0.1) is 0 Å². The lowest BCUT2D eigenvalue weighted by atomic mass is 9.97. The van der Waals surface area contributed by atoms with Gasteiger partial charge in [-0.3, -0.25) is 9.69 Å². The second-order valence-electron chi connectivity index (χ2n) is 8.55. The molecular weight excluding hydrogens is 352 g/mol. The van der Waals surface area contributed by atoms with Crippen LogP contribution < -0.4 is 10.6 Å². The maximum atomic E-state index is 12.7. The standard InChI is InChI=1S/C22H32N4O2/c27-21(24-19-10-11-19)20-9-5-13-26(20)22(28)23-14-18-8-4-12-25(16-18)15-17-6-2-1-3-7-17/h1-3,6-7,18-20H,4-5,8-16H2,(H,23,28)(H,24,27). The number of nitrogens with one attached hydrogen (secondary N) is 2. The smallest absolute Gasteiger partial charge is 0.318 e. The van der Waals surface area contributed by atoms with E-state index < -0.39 is 0 Å². The minimum atomic E-state index is -0.290. The highest BCUT2D eigenvalue weighted by atomic mass is 16.2. The largest absolute Gasteiger partial charge is 0.352 e. The van der Waals surface area contributed by atoms with Crippen molar-refractivity contribution in [3.05, 3.63) is 35.9 Å². The number of urea groups is 1. The Balaban J connectivity index is 1.24. The van der Waals surface area contributed by atoms with E-state index in [9.17, 15) is 9.59 Å². The lowest BCUT2D eigenvalue weighted by Gasteiger charge is -2.33. The van der Waals surface area contributed by atoms with Crippen molar-refractivity contribution in [3.63, 3.8) is 0 Å². The molecule has 28 heavy (non-hydrogen) atoms. The van der Waals surface area contributed by atoms with E-state index in [0.717, 1.165) is 51.7 Å². The van der Waals surface area contributed by atoms with Crippen LogP contribution in [0.2, 0.25) is 0 Å². The van der Waals surface area contributed by atoms with Crippen LogP contribution in [-0.2, 0) is 11.3 Å². The van der Waals surface area contributed by atoms with Crippen LogP contribution in [0.15, 0.2) is 30.3 Å². The van der Waals surface area contributed by atoms with E-state index in [1.54, 1.807) is 4.90 Å². The van der Waals surface area contributed by atoms with Crippen LogP contribution in [0.3, 0.4) is 0 Å². The maximum absolute atomic E-state index is 12.7. The van der Waals surface area contributed by atoms with Gasteiger partial charge >= 0.3 is 6.03 Å². The van der Waals surface area contributed by atoms with E-state index >= 15 is 0 Å². The van der Waals surface area contributed by atoms with Gasteiger partial charge in [-0.2, -0.15) is 0 Å². The van der Waals surface area contributed by atoms with E-state index in [0.29, 0.717) is 25.0 Å². The fraction of sp³-hybridized carbons (Fsp3) is 0.636. The van der Waals surface area contributed by atoms with E-state index in [1.807, 2.05) is 0 Å². The molecule has 1 saturated carbocycles. The molecule has 3 aliphatic rings. The number of amides is 3. The Hall–Kier alpha value is -2.08. The van der Waals surface area contributed by atoms with Gasteiger partial charge in [-0.25, -0.2) is 4.79 Å². The summed E-state index contributed by atoms with van der Waals surface area (Å²) in [5, 5.41) is 6.16. The number of hydrogen-bond donors (Lipinski definition) is 2. The summed E-state index contributed by atoms with van der Waals surface area (Å²) in [5.74, 6) is 0.504. The first-order valence-corrected chi connectivity index (χ1v) is 10.8. The van der Waals surface area contributed by atoms with Crippen LogP contribution in [0, 0.1) is 5.92 Å². The molecule has 2 atom stereocenters. The normalized spacial score (nSPS) is 25.5. The molecule has 0 aromatic heterocycles. The van der Waals surface area contributed by atoms with Crippen molar-refractivity contribution in [3.8, 4) is 0 Å². The SMILES string of the molecule is O=C(NC1CC1)C1CCCN1C(=O)NCC1CCCN(Cc2ccccc2)C1. The highest BCUT2D eigenvalue weighted by molar-refractivity contribution is 5.88. The third kappa shape index (κ3) is 5.04. The lowest BCUT2D eigenvalue weighted by molar-refractivity contribution is -0.124. The third-order valence-electron chi connectivity index (χ3n) is 6.13. The summed E-state index contributed by atoms with van der Waals surface area (Å²) < 4.78 is 0. The van der Waals surface area contributed by atoms with Crippen molar-refractivity contribution in [2.75, 3.05) is 26.2 Å². The Morgan fingerprint density at radius 2 is 1.79 bits per heavy atom. The molecule has 2 heterocycles. The van der Waals surface area contributed by atoms with Gasteiger partial charge in [0.25, 0.3) is 0 Å². The fourth-order valence-corrected chi connectivity index (χ4v) is 4.44. The number of likely N-dealkylation sites (tertiary alicyclic amines) is 2. The number of piperidine rings is 1. The first kappa shape index (κ1) is 19.2. The molecule has 1 aliphatic carbocycles. The Labute approximate surface area is 167 Å². The van der Waals surface area contributed by atoms with E-state index in [2.05, 4.69) is 45.9 Å². The zero-order valence-electron chi connectivity index (χ0n) is 16.6. The summed E-state index contributed by atoms with van der Waals surface area (Å²) in [7, 11) is 0. The van der Waals surface area contributed by atoms with Crippen LogP contribution in [0.1, 0.15) is 44.1 Å². The molecule has 2 saturated heterocycles. The third-order valence-corrected chi connectivity index (χ3v) is 6.13. The lowest BCUT2D eigenvalue weighted by Crippen LogP contribution is -2.51. The van der Waals surface area contributed by atoms with Gasteiger partial charge < -0.3 is 15.5 Å². The summed E-state index contributed by atoms with van der Waals surface area (Å²) in [4.78, 5) is 29.3. The summed E-state index contributed by atoms with van der Waals surface area (Å²) >= 11 is 0. The monoisotopic (exact) mass is 384 g/mol. The Morgan fingerprint density at radius 3 is 2.57 bits per heavy atom. The van der Waals surface area contributed by atoms with Gasteiger partial charge in [0.1, 0.15) is 6.04 Å². The predicted molar refractivity (Wildman–Crippen MR) is 109 cm³/mol. The number of carbonyl (C=O) groups is 2. The first-order valence-electron chi connectivity index (χ1n) is 10.8. The van der Waals surface area contributed by atoms with Crippen molar-refractivity contribution >= 4 is 11.9 Å². The fourth-order valence-electron chi connectivity index (χ4n) is 4.44. The predicted octanol–water partition coefficient (Wildman–Crippen LogP) is 2.35.